The van der Waals surface area contributed by atoms with Gasteiger partial charge in [-0.15, -0.1) is 0 Å². The van der Waals surface area contributed by atoms with Gasteiger partial charge in [0.15, 0.2) is 6.61 Å². The van der Waals surface area contributed by atoms with Crippen LogP contribution in [0.15, 0.2) is 48.5 Å². The van der Waals surface area contributed by atoms with Crippen molar-refractivity contribution in [2.45, 2.75) is 45.6 Å². The van der Waals surface area contributed by atoms with E-state index < -0.39 is 5.97 Å². The zero-order valence-electron chi connectivity index (χ0n) is 18.3. The van der Waals surface area contributed by atoms with Gasteiger partial charge >= 0.3 is 5.97 Å². The maximum absolute atomic E-state index is 12.4. The number of hydrogen-bond acceptors (Lipinski definition) is 5. The van der Waals surface area contributed by atoms with Gasteiger partial charge in [0.2, 0.25) is 5.91 Å². The number of esters is 1. The average molecular weight is 427 g/mol. The number of methoxy groups -OCH3 is 1. The van der Waals surface area contributed by atoms with E-state index in [0.717, 1.165) is 24.2 Å². The van der Waals surface area contributed by atoms with Crippen LogP contribution < -0.4 is 15.4 Å². The van der Waals surface area contributed by atoms with Gasteiger partial charge in [0.1, 0.15) is 5.75 Å². The average Bonchev–Trinajstić information content (AvgIpc) is 2.77. The SMILES string of the molecule is CCCC(C)NC(=O)COC(=O)c1ccccc1NC(=O)CCc1ccc(OC)cc1. The summed E-state index contributed by atoms with van der Waals surface area (Å²) in [6.07, 6.45) is 2.61. The van der Waals surface area contributed by atoms with Gasteiger partial charge in [-0.2, -0.15) is 0 Å². The summed E-state index contributed by atoms with van der Waals surface area (Å²) in [6.45, 7) is 3.57. The van der Waals surface area contributed by atoms with Crippen molar-refractivity contribution in [2.24, 2.45) is 0 Å². The Balaban J connectivity index is 1.89. The Morgan fingerprint density at radius 2 is 1.71 bits per heavy atom. The zero-order valence-corrected chi connectivity index (χ0v) is 18.3. The Hall–Kier alpha value is -3.35. The first kappa shape index (κ1) is 23.9. The highest BCUT2D eigenvalue weighted by Crippen LogP contribution is 2.17. The lowest BCUT2D eigenvalue weighted by Crippen LogP contribution is -2.35. The summed E-state index contributed by atoms with van der Waals surface area (Å²) in [4.78, 5) is 36.7. The lowest BCUT2D eigenvalue weighted by molar-refractivity contribution is -0.124. The predicted molar refractivity (Wildman–Crippen MR) is 119 cm³/mol. The molecule has 0 fully saturated rings. The van der Waals surface area contributed by atoms with Gasteiger partial charge in [0, 0.05) is 12.5 Å². The number of ether oxygens (including phenoxy) is 2. The van der Waals surface area contributed by atoms with Crippen molar-refractivity contribution in [1.82, 2.24) is 5.32 Å². The third-order valence-electron chi connectivity index (χ3n) is 4.68. The molecule has 7 nitrogen and oxygen atoms in total. The molecule has 2 aromatic rings. The monoisotopic (exact) mass is 426 g/mol. The van der Waals surface area contributed by atoms with E-state index in [0.29, 0.717) is 12.1 Å². The van der Waals surface area contributed by atoms with Crippen molar-refractivity contribution >= 4 is 23.5 Å². The number of amides is 2. The van der Waals surface area contributed by atoms with Crippen LogP contribution in [0.2, 0.25) is 0 Å². The number of hydrogen-bond donors (Lipinski definition) is 2. The van der Waals surface area contributed by atoms with E-state index >= 15 is 0 Å². The van der Waals surface area contributed by atoms with Crippen LogP contribution in [0.4, 0.5) is 5.69 Å². The molecule has 2 aromatic carbocycles. The van der Waals surface area contributed by atoms with E-state index in [9.17, 15) is 14.4 Å². The molecule has 7 heteroatoms. The van der Waals surface area contributed by atoms with Crippen molar-refractivity contribution < 1.29 is 23.9 Å². The van der Waals surface area contributed by atoms with E-state index in [4.69, 9.17) is 9.47 Å². The summed E-state index contributed by atoms with van der Waals surface area (Å²) < 4.78 is 10.3. The molecule has 166 valence electrons. The minimum Gasteiger partial charge on any atom is -0.497 e. The molecule has 2 amide bonds. The van der Waals surface area contributed by atoms with Crippen LogP contribution in [0.5, 0.6) is 5.75 Å². The Kier molecular flexibility index (Phi) is 9.55. The number of benzene rings is 2. The molecule has 0 bridgehead atoms. The molecule has 0 heterocycles. The van der Waals surface area contributed by atoms with Gasteiger partial charge < -0.3 is 20.1 Å². The van der Waals surface area contributed by atoms with Crippen molar-refractivity contribution in [3.8, 4) is 5.75 Å². The number of carbonyl (C=O) groups excluding carboxylic acids is 3. The van der Waals surface area contributed by atoms with Crippen molar-refractivity contribution in [2.75, 3.05) is 19.0 Å². The maximum Gasteiger partial charge on any atom is 0.340 e. The Morgan fingerprint density at radius 1 is 1.00 bits per heavy atom. The number of rotatable bonds is 11. The summed E-state index contributed by atoms with van der Waals surface area (Å²) in [5, 5.41) is 5.54. The third-order valence-corrected chi connectivity index (χ3v) is 4.68. The second kappa shape index (κ2) is 12.4. The van der Waals surface area contributed by atoms with E-state index in [1.165, 1.54) is 0 Å². The molecular formula is C24H30N2O5. The van der Waals surface area contributed by atoms with Crippen LogP contribution in [0, 0.1) is 0 Å². The minimum absolute atomic E-state index is 0.0217. The Labute approximate surface area is 183 Å². The van der Waals surface area contributed by atoms with E-state index in [1.807, 2.05) is 38.1 Å². The lowest BCUT2D eigenvalue weighted by Gasteiger charge is -2.14. The van der Waals surface area contributed by atoms with Gasteiger partial charge in [-0.1, -0.05) is 37.6 Å². The van der Waals surface area contributed by atoms with Crippen LogP contribution in [0.25, 0.3) is 0 Å². The number of nitrogens with one attached hydrogen (secondary N) is 2. The van der Waals surface area contributed by atoms with E-state index in [2.05, 4.69) is 10.6 Å². The van der Waals surface area contributed by atoms with Gasteiger partial charge in [-0.25, -0.2) is 4.79 Å². The molecule has 31 heavy (non-hydrogen) atoms. The Bertz CT molecular complexity index is 880. The zero-order chi connectivity index (χ0) is 22.6. The summed E-state index contributed by atoms with van der Waals surface area (Å²) in [6, 6.07) is 14.1. The van der Waals surface area contributed by atoms with Crippen molar-refractivity contribution in [3.05, 3.63) is 59.7 Å². The summed E-state index contributed by atoms with van der Waals surface area (Å²) >= 11 is 0. The first-order valence-electron chi connectivity index (χ1n) is 10.4. The molecule has 1 atom stereocenters. The van der Waals surface area contributed by atoms with Crippen LogP contribution in [0.1, 0.15) is 49.0 Å². The third kappa shape index (κ3) is 8.12. The molecule has 2 N–H and O–H groups in total. The fourth-order valence-electron chi connectivity index (χ4n) is 3.06. The molecule has 2 rings (SSSR count). The summed E-state index contributed by atoms with van der Waals surface area (Å²) in [5.74, 6) is -0.476. The van der Waals surface area contributed by atoms with Crippen LogP contribution in [-0.2, 0) is 20.7 Å². The highest BCUT2D eigenvalue weighted by molar-refractivity contribution is 6.01. The van der Waals surface area contributed by atoms with E-state index in [1.54, 1.807) is 31.4 Å². The maximum atomic E-state index is 12.4. The standard InChI is InChI=1S/C24H30N2O5/c1-4-7-17(2)25-23(28)16-31-24(29)20-8-5-6-9-21(20)26-22(27)15-12-18-10-13-19(30-3)14-11-18/h5-6,8-11,13-14,17H,4,7,12,15-16H2,1-3H3,(H,25,28)(H,26,27). The van der Waals surface area contributed by atoms with Crippen LogP contribution in [-0.4, -0.2) is 37.5 Å². The van der Waals surface area contributed by atoms with Gasteiger partial charge in [-0.05, 0) is 49.6 Å². The predicted octanol–water partition coefficient (Wildman–Crippen LogP) is 3.73. The van der Waals surface area contributed by atoms with Gasteiger partial charge in [0.05, 0.1) is 18.4 Å². The fourth-order valence-corrected chi connectivity index (χ4v) is 3.06. The first-order chi connectivity index (χ1) is 14.9. The molecule has 0 aliphatic rings. The number of anilines is 1. The largest absolute Gasteiger partial charge is 0.497 e. The topological polar surface area (TPSA) is 93.7 Å². The van der Waals surface area contributed by atoms with E-state index in [-0.39, 0.29) is 36.4 Å². The molecule has 0 radical (unpaired) electrons. The molecule has 0 aliphatic carbocycles. The molecule has 0 saturated carbocycles. The molecule has 0 aliphatic heterocycles. The minimum atomic E-state index is -0.663. The normalized spacial score (nSPS) is 11.3. The number of para-hydroxylation sites is 1. The Morgan fingerprint density at radius 3 is 2.39 bits per heavy atom. The highest BCUT2D eigenvalue weighted by atomic mass is 16.5. The molecular weight excluding hydrogens is 396 g/mol. The molecule has 0 saturated heterocycles. The first-order valence-corrected chi connectivity index (χ1v) is 10.4. The van der Waals surface area contributed by atoms with Crippen LogP contribution in [0.3, 0.4) is 0 Å². The fraction of sp³-hybridized carbons (Fsp3) is 0.375. The highest BCUT2D eigenvalue weighted by Gasteiger charge is 2.16. The number of aryl methyl sites for hydroxylation is 1. The molecule has 0 spiro atoms. The number of carbonyl (C=O) groups is 3. The quantitative estimate of drug-likeness (QED) is 0.534. The second-order valence-corrected chi connectivity index (χ2v) is 7.28. The van der Waals surface area contributed by atoms with Crippen LogP contribution >= 0.6 is 0 Å². The molecule has 0 aromatic heterocycles. The smallest absolute Gasteiger partial charge is 0.340 e. The summed E-state index contributed by atoms with van der Waals surface area (Å²) in [7, 11) is 1.60. The molecule has 1 unspecified atom stereocenters. The summed E-state index contributed by atoms with van der Waals surface area (Å²) in [5.41, 5.74) is 1.56. The van der Waals surface area contributed by atoms with Gasteiger partial charge in [-0.3, -0.25) is 9.59 Å². The second-order valence-electron chi connectivity index (χ2n) is 7.28. The van der Waals surface area contributed by atoms with Crippen molar-refractivity contribution in [3.63, 3.8) is 0 Å². The van der Waals surface area contributed by atoms with Gasteiger partial charge in [0.25, 0.3) is 5.91 Å². The van der Waals surface area contributed by atoms with Crippen molar-refractivity contribution in [1.29, 1.82) is 0 Å². The lowest BCUT2D eigenvalue weighted by atomic mass is 10.1.